The molecule has 0 aromatic rings. The summed E-state index contributed by atoms with van der Waals surface area (Å²) in [5.41, 5.74) is 7.88. The third kappa shape index (κ3) is 2.90. The quantitative estimate of drug-likeness (QED) is 0.604. The summed E-state index contributed by atoms with van der Waals surface area (Å²) in [5.74, 6) is -51.3. The topological polar surface area (TPSA) is 52.0 Å². The Morgan fingerprint density at radius 3 is 0.680 bits per heavy atom. The molecule has 2 nitrogen and oxygen atoms in total. The van der Waals surface area contributed by atoms with E-state index < -0.39 is 54.5 Å². The normalized spacial score (nSPS) is 16.3. The first-order chi connectivity index (χ1) is 10.6. The maximum absolute atomic E-state index is 13.1. The summed E-state index contributed by atoms with van der Waals surface area (Å²) in [5, 5.41) is 0. The van der Waals surface area contributed by atoms with Crippen molar-refractivity contribution in [3.63, 3.8) is 0 Å². The summed E-state index contributed by atoms with van der Waals surface area (Å²) >= 11 is 0. The minimum absolute atomic E-state index is 2.79. The van der Waals surface area contributed by atoms with Gasteiger partial charge in [-0.25, -0.2) is 0 Å². The van der Waals surface area contributed by atoms with Crippen LogP contribution in [0.3, 0.4) is 0 Å². The van der Waals surface area contributed by atoms with Gasteiger partial charge in [0.2, 0.25) is 0 Å². The highest BCUT2D eigenvalue weighted by Gasteiger charge is 2.92. The van der Waals surface area contributed by atoms with E-state index in [1.54, 1.807) is 0 Å². The molecular formula is C9H8F14N2. The predicted octanol–water partition coefficient (Wildman–Crippen LogP) is 3.35. The lowest BCUT2D eigenvalue weighted by atomic mass is 9.89. The largest absolute Gasteiger partial charge is 0.384 e. The van der Waals surface area contributed by atoms with Gasteiger partial charge >= 0.3 is 41.5 Å². The molecule has 0 unspecified atom stereocenters. The summed E-state index contributed by atoms with van der Waals surface area (Å²) in [4.78, 5) is 0. The summed E-state index contributed by atoms with van der Waals surface area (Å²) in [7, 11) is 0. The molecule has 0 saturated heterocycles. The molecule has 0 rings (SSSR count). The standard InChI is InChI=1S/C9H8F14N2/c10-3(11,1-24)5(14,15)7(18,19)9(22,23)8(20,21)6(16,17)4(12,13)2-25/h1-2,24-25H2. The third-order valence-electron chi connectivity index (χ3n) is 3.01. The molecule has 0 spiro atoms. The van der Waals surface area contributed by atoms with Gasteiger partial charge in [0.25, 0.3) is 0 Å². The van der Waals surface area contributed by atoms with Crippen molar-refractivity contribution in [2.75, 3.05) is 13.1 Å². The molecule has 0 aliphatic heterocycles. The Morgan fingerprint density at radius 1 is 0.360 bits per heavy atom. The van der Waals surface area contributed by atoms with Crippen LogP contribution in [-0.4, -0.2) is 54.5 Å². The summed E-state index contributed by atoms with van der Waals surface area (Å²) in [6.07, 6.45) is 0. The monoisotopic (exact) mass is 410 g/mol. The highest BCUT2D eigenvalue weighted by molar-refractivity contribution is 5.14. The number of alkyl halides is 14. The van der Waals surface area contributed by atoms with Gasteiger partial charge in [-0.05, 0) is 0 Å². The zero-order valence-corrected chi connectivity index (χ0v) is 11.4. The molecule has 0 amide bonds. The molecule has 0 radical (unpaired) electrons. The second-order valence-electron chi connectivity index (χ2n) is 4.69. The zero-order chi connectivity index (χ0) is 20.9. The summed E-state index contributed by atoms with van der Waals surface area (Å²) in [6.45, 7) is -5.57. The van der Waals surface area contributed by atoms with Gasteiger partial charge in [0.15, 0.2) is 0 Å². The summed E-state index contributed by atoms with van der Waals surface area (Å²) < 4.78 is 181. The van der Waals surface area contributed by atoms with Crippen molar-refractivity contribution in [3.8, 4) is 0 Å². The van der Waals surface area contributed by atoms with Crippen LogP contribution in [0.1, 0.15) is 0 Å². The molecule has 16 heteroatoms. The minimum atomic E-state index is -8.07. The average Bonchev–Trinajstić information content (AvgIpc) is 2.45. The molecule has 0 aromatic heterocycles. The first-order valence-corrected chi connectivity index (χ1v) is 5.67. The molecule has 25 heavy (non-hydrogen) atoms. The SMILES string of the molecule is NCC(F)(F)C(F)(F)C(F)(F)C(F)(F)C(F)(F)C(F)(F)C(F)(F)CN. The lowest BCUT2D eigenvalue weighted by Gasteiger charge is -2.42. The van der Waals surface area contributed by atoms with Crippen LogP contribution >= 0.6 is 0 Å². The Hall–Kier alpha value is -1.06. The van der Waals surface area contributed by atoms with Crippen molar-refractivity contribution in [1.82, 2.24) is 0 Å². The van der Waals surface area contributed by atoms with Gasteiger partial charge in [-0.3, -0.25) is 0 Å². The lowest BCUT2D eigenvalue weighted by Crippen LogP contribution is -2.74. The molecule has 0 fully saturated rings. The van der Waals surface area contributed by atoms with Gasteiger partial charge in [0, 0.05) is 0 Å². The first kappa shape index (κ1) is 23.9. The maximum Gasteiger partial charge on any atom is 0.384 e. The zero-order valence-electron chi connectivity index (χ0n) is 11.4. The molecule has 0 saturated carbocycles. The average molecular weight is 410 g/mol. The van der Waals surface area contributed by atoms with Crippen LogP contribution in [0.4, 0.5) is 61.5 Å². The van der Waals surface area contributed by atoms with Crippen LogP contribution in [0, 0.1) is 0 Å². The lowest BCUT2D eigenvalue weighted by molar-refractivity contribution is -0.439. The molecule has 0 aliphatic carbocycles. The molecule has 0 aromatic carbocycles. The second kappa shape index (κ2) is 5.99. The van der Waals surface area contributed by atoms with Crippen LogP contribution in [-0.2, 0) is 0 Å². The third-order valence-corrected chi connectivity index (χ3v) is 3.01. The molecule has 0 heterocycles. The molecule has 0 bridgehead atoms. The first-order valence-electron chi connectivity index (χ1n) is 5.67. The van der Waals surface area contributed by atoms with Crippen molar-refractivity contribution in [2.45, 2.75) is 41.5 Å². The van der Waals surface area contributed by atoms with Gasteiger partial charge < -0.3 is 11.5 Å². The summed E-state index contributed by atoms with van der Waals surface area (Å²) in [6, 6.07) is 0. The van der Waals surface area contributed by atoms with Crippen molar-refractivity contribution in [1.29, 1.82) is 0 Å². The maximum atomic E-state index is 13.1. The smallest absolute Gasteiger partial charge is 0.325 e. The van der Waals surface area contributed by atoms with E-state index in [0.29, 0.717) is 0 Å². The Labute approximate surface area is 129 Å². The molecule has 0 aliphatic rings. The Morgan fingerprint density at radius 2 is 0.520 bits per heavy atom. The van der Waals surface area contributed by atoms with Gasteiger partial charge in [-0.2, -0.15) is 61.5 Å². The number of rotatable bonds is 8. The van der Waals surface area contributed by atoms with E-state index >= 15 is 0 Å². The van der Waals surface area contributed by atoms with E-state index in [1.165, 1.54) is 0 Å². The van der Waals surface area contributed by atoms with Crippen molar-refractivity contribution >= 4 is 0 Å². The number of nitrogens with two attached hydrogens (primary N) is 2. The van der Waals surface area contributed by atoms with Crippen molar-refractivity contribution in [2.24, 2.45) is 11.5 Å². The highest BCUT2D eigenvalue weighted by Crippen LogP contribution is 2.61. The highest BCUT2D eigenvalue weighted by atomic mass is 19.4. The van der Waals surface area contributed by atoms with Crippen LogP contribution in [0.15, 0.2) is 0 Å². The van der Waals surface area contributed by atoms with E-state index in [2.05, 4.69) is 11.5 Å². The van der Waals surface area contributed by atoms with E-state index in [-0.39, 0.29) is 0 Å². The van der Waals surface area contributed by atoms with Crippen molar-refractivity contribution in [3.05, 3.63) is 0 Å². The van der Waals surface area contributed by atoms with E-state index in [0.717, 1.165) is 0 Å². The van der Waals surface area contributed by atoms with Crippen LogP contribution < -0.4 is 11.5 Å². The van der Waals surface area contributed by atoms with Gasteiger partial charge in [0.1, 0.15) is 0 Å². The van der Waals surface area contributed by atoms with E-state index in [9.17, 15) is 61.5 Å². The molecular weight excluding hydrogens is 402 g/mol. The van der Waals surface area contributed by atoms with E-state index in [4.69, 9.17) is 0 Å². The van der Waals surface area contributed by atoms with Crippen LogP contribution in [0.2, 0.25) is 0 Å². The van der Waals surface area contributed by atoms with Crippen molar-refractivity contribution < 1.29 is 61.5 Å². The Kier molecular flexibility index (Phi) is 5.73. The Balaban J connectivity index is 6.46. The van der Waals surface area contributed by atoms with Gasteiger partial charge in [-0.15, -0.1) is 0 Å². The molecule has 4 N–H and O–H groups in total. The predicted molar refractivity (Wildman–Crippen MR) is 52.7 cm³/mol. The number of hydrogen-bond acceptors (Lipinski definition) is 2. The number of hydrogen-bond donors (Lipinski definition) is 2. The fourth-order valence-corrected chi connectivity index (χ4v) is 1.31. The van der Waals surface area contributed by atoms with Gasteiger partial charge in [-0.1, -0.05) is 0 Å². The van der Waals surface area contributed by atoms with E-state index in [1.807, 2.05) is 0 Å². The fourth-order valence-electron chi connectivity index (χ4n) is 1.31. The van der Waals surface area contributed by atoms with Crippen LogP contribution in [0.25, 0.3) is 0 Å². The van der Waals surface area contributed by atoms with Gasteiger partial charge in [0.05, 0.1) is 13.1 Å². The number of halogens is 14. The molecule has 0 atom stereocenters. The second-order valence-corrected chi connectivity index (χ2v) is 4.69. The fraction of sp³-hybridized carbons (Fsp3) is 1.00. The minimum Gasteiger partial charge on any atom is -0.325 e. The van der Waals surface area contributed by atoms with Crippen LogP contribution in [0.5, 0.6) is 0 Å². The Bertz CT molecular complexity index is 443. The molecule has 152 valence electrons.